The zero-order valence-electron chi connectivity index (χ0n) is 27.0. The second-order valence-electron chi connectivity index (χ2n) is 12.4. The van der Waals surface area contributed by atoms with Crippen LogP contribution in [0.4, 0.5) is 15.8 Å². The molecular formula is C38H36FN5O4S. The van der Waals surface area contributed by atoms with Crippen molar-refractivity contribution in [2.45, 2.75) is 19.3 Å². The smallest absolute Gasteiger partial charge is 0.237 e. The van der Waals surface area contributed by atoms with Gasteiger partial charge in [0.15, 0.2) is 28.2 Å². The van der Waals surface area contributed by atoms with E-state index < -0.39 is 5.82 Å². The fourth-order valence-electron chi connectivity index (χ4n) is 6.78. The molecule has 9 nitrogen and oxygen atoms in total. The Kier molecular flexibility index (Phi) is 9.63. The van der Waals surface area contributed by atoms with Gasteiger partial charge in [0.1, 0.15) is 6.33 Å². The molecule has 0 bridgehead atoms. The van der Waals surface area contributed by atoms with E-state index in [1.165, 1.54) is 23.4 Å². The number of benzene rings is 4. The number of nitrogens with zero attached hydrogens (tertiary/aromatic N) is 3. The first-order chi connectivity index (χ1) is 23.9. The first kappa shape index (κ1) is 32.4. The Bertz CT molecular complexity index is 1950. The molecule has 0 radical (unpaired) electrons. The Morgan fingerprint density at radius 1 is 0.939 bits per heavy atom. The standard InChI is InChI=1S/C38H36FN5O4S/c1-46-34-18-30-32(19-35(34)47-22-25-14-26-20-40-21-27(26)15-25)41-23-42-37(30)48-33-13-12-28(17-31(33)39)43-38(49)44(29-10-6-3-7-11-29)36(45)16-24-8-4-2-5-9-24/h2-13,17-19,23,25-27,40H,14-16,20-22H2,1H3,(H,43,49)/t25?,26-,27+. The first-order valence-corrected chi connectivity index (χ1v) is 16.7. The monoisotopic (exact) mass is 677 g/mol. The third-order valence-corrected chi connectivity index (χ3v) is 9.45. The van der Waals surface area contributed by atoms with Crippen molar-refractivity contribution in [2.75, 3.05) is 37.0 Å². The predicted molar refractivity (Wildman–Crippen MR) is 191 cm³/mol. The highest BCUT2D eigenvalue weighted by molar-refractivity contribution is 7.80. The van der Waals surface area contributed by atoms with Crippen molar-refractivity contribution in [3.63, 3.8) is 0 Å². The number of thiocarbonyl (C=S) groups is 1. The molecule has 11 heteroatoms. The van der Waals surface area contributed by atoms with Crippen molar-refractivity contribution < 1.29 is 23.4 Å². The number of para-hydroxylation sites is 1. The first-order valence-electron chi connectivity index (χ1n) is 16.3. The maximum atomic E-state index is 15.5. The molecule has 49 heavy (non-hydrogen) atoms. The largest absolute Gasteiger partial charge is 0.493 e. The molecule has 1 aromatic heterocycles. The lowest BCUT2D eigenvalue weighted by atomic mass is 10.0. The van der Waals surface area contributed by atoms with Gasteiger partial charge in [0.05, 0.1) is 36.7 Å². The summed E-state index contributed by atoms with van der Waals surface area (Å²) in [5, 5.41) is 7.16. The summed E-state index contributed by atoms with van der Waals surface area (Å²) >= 11 is 5.67. The predicted octanol–water partition coefficient (Wildman–Crippen LogP) is 7.17. The summed E-state index contributed by atoms with van der Waals surface area (Å²) in [6.45, 7) is 2.80. The molecular weight excluding hydrogens is 642 g/mol. The summed E-state index contributed by atoms with van der Waals surface area (Å²) < 4.78 is 33.4. The van der Waals surface area contributed by atoms with Gasteiger partial charge in [0.2, 0.25) is 11.8 Å². The summed E-state index contributed by atoms with van der Waals surface area (Å²) in [6.07, 6.45) is 3.84. The summed E-state index contributed by atoms with van der Waals surface area (Å²) in [6, 6.07) is 26.4. The molecule has 1 saturated carbocycles. The highest BCUT2D eigenvalue weighted by Gasteiger charge is 2.37. The number of carbonyl (C=O) groups is 1. The molecule has 2 aliphatic rings. The van der Waals surface area contributed by atoms with E-state index in [0.717, 1.165) is 43.3 Å². The van der Waals surface area contributed by atoms with Gasteiger partial charge in [0.25, 0.3) is 0 Å². The summed E-state index contributed by atoms with van der Waals surface area (Å²) in [5.41, 5.74) is 2.38. The topological polar surface area (TPSA) is 97.8 Å². The average Bonchev–Trinajstić information content (AvgIpc) is 3.72. The molecule has 2 heterocycles. The van der Waals surface area contributed by atoms with Crippen LogP contribution < -0.4 is 29.7 Å². The van der Waals surface area contributed by atoms with E-state index in [4.69, 9.17) is 26.4 Å². The Morgan fingerprint density at radius 3 is 2.39 bits per heavy atom. The Hall–Kier alpha value is -5.13. The van der Waals surface area contributed by atoms with E-state index in [0.29, 0.717) is 46.3 Å². The van der Waals surface area contributed by atoms with Gasteiger partial charge in [-0.1, -0.05) is 48.5 Å². The lowest BCUT2D eigenvalue weighted by Gasteiger charge is -2.24. The number of hydrogen-bond donors (Lipinski definition) is 2. The van der Waals surface area contributed by atoms with Gasteiger partial charge in [-0.3, -0.25) is 9.69 Å². The van der Waals surface area contributed by atoms with Crippen LogP contribution >= 0.6 is 12.2 Å². The molecule has 3 atom stereocenters. The number of methoxy groups -OCH3 is 1. The molecule has 5 aromatic rings. The Labute approximate surface area is 289 Å². The quantitative estimate of drug-likeness (QED) is 0.149. The van der Waals surface area contributed by atoms with Gasteiger partial charge < -0.3 is 24.8 Å². The molecule has 1 unspecified atom stereocenters. The zero-order valence-corrected chi connectivity index (χ0v) is 27.8. The maximum absolute atomic E-state index is 15.5. The van der Waals surface area contributed by atoms with Crippen molar-refractivity contribution >= 4 is 45.5 Å². The molecule has 2 fully saturated rings. The number of carbonyl (C=O) groups excluding carboxylic acids is 1. The van der Waals surface area contributed by atoms with Gasteiger partial charge in [-0.25, -0.2) is 14.4 Å². The number of fused-ring (bicyclic) bond motifs is 2. The Balaban J connectivity index is 1.06. The van der Waals surface area contributed by atoms with Crippen molar-refractivity contribution in [1.29, 1.82) is 0 Å². The molecule has 1 aliphatic heterocycles. The Morgan fingerprint density at radius 2 is 1.67 bits per heavy atom. The van der Waals surface area contributed by atoms with Crippen LogP contribution in [0.3, 0.4) is 0 Å². The van der Waals surface area contributed by atoms with Gasteiger partial charge in [-0.15, -0.1) is 0 Å². The molecule has 250 valence electrons. The molecule has 0 spiro atoms. The highest BCUT2D eigenvalue weighted by atomic mass is 32.1. The van der Waals surface area contributed by atoms with E-state index in [1.807, 2.05) is 54.6 Å². The fraction of sp³-hybridized carbons (Fsp3) is 0.263. The SMILES string of the molecule is COc1cc2c(Oc3ccc(NC(=S)N(C(=O)Cc4ccccc4)c4ccccc4)cc3F)ncnc2cc1OCC1C[C@H]2CNC[C@H]2C1. The zero-order chi connectivity index (χ0) is 33.7. The van der Waals surface area contributed by atoms with Crippen molar-refractivity contribution in [2.24, 2.45) is 17.8 Å². The van der Waals surface area contributed by atoms with Crippen LogP contribution in [0.15, 0.2) is 97.3 Å². The average molecular weight is 678 g/mol. The van der Waals surface area contributed by atoms with Crippen LogP contribution in [0.25, 0.3) is 10.9 Å². The van der Waals surface area contributed by atoms with Crippen molar-refractivity contribution in [3.8, 4) is 23.1 Å². The number of hydrogen-bond acceptors (Lipinski definition) is 8. The second kappa shape index (κ2) is 14.6. The van der Waals surface area contributed by atoms with Crippen LogP contribution in [-0.2, 0) is 11.2 Å². The number of rotatable bonds is 10. The summed E-state index contributed by atoms with van der Waals surface area (Å²) in [5.74, 6) is 2.34. The number of ether oxygens (including phenoxy) is 3. The van der Waals surface area contributed by atoms with E-state index in [1.54, 1.807) is 31.4 Å². The minimum absolute atomic E-state index is 0.0443. The van der Waals surface area contributed by atoms with Gasteiger partial charge in [-0.2, -0.15) is 0 Å². The highest BCUT2D eigenvalue weighted by Crippen LogP contribution is 2.41. The lowest BCUT2D eigenvalue weighted by Crippen LogP contribution is -2.40. The number of nitrogens with one attached hydrogen (secondary N) is 2. The number of anilines is 2. The van der Waals surface area contributed by atoms with Crippen molar-refractivity contribution in [1.82, 2.24) is 15.3 Å². The van der Waals surface area contributed by atoms with E-state index in [9.17, 15) is 4.79 Å². The van der Waals surface area contributed by atoms with Crippen LogP contribution in [0.2, 0.25) is 0 Å². The molecule has 2 N–H and O–H groups in total. The number of aromatic nitrogens is 2. The third-order valence-electron chi connectivity index (χ3n) is 9.17. The molecule has 1 aliphatic carbocycles. The molecule has 7 rings (SSSR count). The number of halogens is 1. The van der Waals surface area contributed by atoms with Gasteiger partial charge in [-0.05, 0) is 91.8 Å². The van der Waals surface area contributed by atoms with E-state index >= 15 is 4.39 Å². The fourth-order valence-corrected chi connectivity index (χ4v) is 7.10. The van der Waals surface area contributed by atoms with E-state index in [-0.39, 0.29) is 29.1 Å². The van der Waals surface area contributed by atoms with Crippen LogP contribution in [-0.4, -0.2) is 47.8 Å². The van der Waals surface area contributed by atoms with Crippen molar-refractivity contribution in [3.05, 3.63) is 109 Å². The van der Waals surface area contributed by atoms with Gasteiger partial charge in [0, 0.05) is 17.8 Å². The number of amides is 1. The van der Waals surface area contributed by atoms with Gasteiger partial charge >= 0.3 is 0 Å². The summed E-state index contributed by atoms with van der Waals surface area (Å²) in [7, 11) is 1.58. The molecule has 4 aromatic carbocycles. The van der Waals surface area contributed by atoms with Crippen LogP contribution in [0.1, 0.15) is 18.4 Å². The maximum Gasteiger partial charge on any atom is 0.237 e. The second-order valence-corrected chi connectivity index (χ2v) is 12.8. The third kappa shape index (κ3) is 7.33. The van der Waals surface area contributed by atoms with E-state index in [2.05, 4.69) is 20.6 Å². The van der Waals surface area contributed by atoms with Crippen LogP contribution in [0.5, 0.6) is 23.1 Å². The minimum atomic E-state index is -0.648. The summed E-state index contributed by atoms with van der Waals surface area (Å²) in [4.78, 5) is 23.6. The minimum Gasteiger partial charge on any atom is -0.493 e. The lowest BCUT2D eigenvalue weighted by molar-refractivity contribution is -0.117. The molecule has 1 saturated heterocycles. The molecule has 1 amide bonds. The van der Waals surface area contributed by atoms with Crippen LogP contribution in [0, 0.1) is 23.6 Å². The normalized spacial score (nSPS) is 18.1.